The van der Waals surface area contributed by atoms with Crippen LogP contribution in [0.25, 0.3) is 0 Å². The summed E-state index contributed by atoms with van der Waals surface area (Å²) in [5.74, 6) is -0.168. The molecule has 0 aliphatic rings. The highest BCUT2D eigenvalue weighted by Gasteiger charge is 2.11. The van der Waals surface area contributed by atoms with Gasteiger partial charge < -0.3 is 10.2 Å². The lowest BCUT2D eigenvalue weighted by Gasteiger charge is -2.05. The maximum absolute atomic E-state index is 11.8. The molecule has 5 nitrogen and oxygen atoms in total. The van der Waals surface area contributed by atoms with Crippen LogP contribution in [0.3, 0.4) is 0 Å². The quantitative estimate of drug-likeness (QED) is 0.796. The molecule has 0 unspecified atom stereocenters. The maximum Gasteiger partial charge on any atom is 0.226 e. The minimum atomic E-state index is -0.175. The molecule has 1 N–H and O–H groups in total. The van der Waals surface area contributed by atoms with Crippen molar-refractivity contribution in [3.63, 3.8) is 0 Å². The van der Waals surface area contributed by atoms with E-state index in [-0.39, 0.29) is 24.5 Å². The molecule has 0 aromatic carbocycles. The second-order valence-corrected chi connectivity index (χ2v) is 6.64. The van der Waals surface area contributed by atoms with Crippen molar-refractivity contribution in [2.45, 2.75) is 19.4 Å². The number of ketones is 1. The van der Waals surface area contributed by atoms with Gasteiger partial charge in [0.15, 0.2) is 10.9 Å². The summed E-state index contributed by atoms with van der Waals surface area (Å²) in [6.07, 6.45) is 0.404. The largest absolute Gasteiger partial charge is 0.304 e. The van der Waals surface area contributed by atoms with E-state index in [1.807, 2.05) is 35.8 Å². The number of thiazole rings is 1. The second-order valence-electron chi connectivity index (χ2n) is 4.83. The molecule has 21 heavy (non-hydrogen) atoms. The van der Waals surface area contributed by atoms with Gasteiger partial charge in [-0.1, -0.05) is 6.07 Å². The standard InChI is InChI=1S/C14H17N3O2S2/c1-17(2)8-10-9-21-14(15-10)16-13(19)6-5-11(18)12-4-3-7-20-12/h3-4,7,9H,5-6,8H2,1-2H3,(H,15,16,19). The first kappa shape index (κ1) is 15.8. The number of hydrogen-bond donors (Lipinski definition) is 1. The first-order valence-corrected chi connectivity index (χ1v) is 8.26. The molecule has 2 aromatic heterocycles. The van der Waals surface area contributed by atoms with E-state index in [4.69, 9.17) is 0 Å². The number of Topliss-reactive ketones (excluding diaryl/α,β-unsaturated/α-hetero) is 1. The van der Waals surface area contributed by atoms with Crippen molar-refractivity contribution in [2.75, 3.05) is 19.4 Å². The van der Waals surface area contributed by atoms with E-state index in [1.54, 1.807) is 6.07 Å². The SMILES string of the molecule is CN(C)Cc1csc(NC(=O)CCC(=O)c2cccs2)n1. The van der Waals surface area contributed by atoms with Crippen LogP contribution < -0.4 is 5.32 Å². The van der Waals surface area contributed by atoms with Gasteiger partial charge in [-0.05, 0) is 25.5 Å². The zero-order chi connectivity index (χ0) is 15.2. The predicted molar refractivity (Wildman–Crippen MR) is 86.0 cm³/mol. The van der Waals surface area contributed by atoms with Crippen LogP contribution in [0.15, 0.2) is 22.9 Å². The number of rotatable bonds is 7. The van der Waals surface area contributed by atoms with Gasteiger partial charge in [0.25, 0.3) is 0 Å². The number of nitrogens with one attached hydrogen (secondary N) is 1. The third-order valence-electron chi connectivity index (χ3n) is 2.65. The van der Waals surface area contributed by atoms with Crippen LogP contribution in [0.2, 0.25) is 0 Å². The number of amides is 1. The molecule has 0 saturated heterocycles. The van der Waals surface area contributed by atoms with E-state index >= 15 is 0 Å². The van der Waals surface area contributed by atoms with Crippen LogP contribution in [0.4, 0.5) is 5.13 Å². The Morgan fingerprint density at radius 1 is 1.29 bits per heavy atom. The van der Waals surface area contributed by atoms with E-state index in [1.165, 1.54) is 22.7 Å². The van der Waals surface area contributed by atoms with Gasteiger partial charge in [0.2, 0.25) is 5.91 Å². The molecular weight excluding hydrogens is 306 g/mol. The molecule has 0 radical (unpaired) electrons. The lowest BCUT2D eigenvalue weighted by Crippen LogP contribution is -2.14. The second kappa shape index (κ2) is 7.44. The van der Waals surface area contributed by atoms with Gasteiger partial charge in [0.05, 0.1) is 10.6 Å². The molecule has 7 heteroatoms. The lowest BCUT2D eigenvalue weighted by molar-refractivity contribution is -0.116. The Bertz CT molecular complexity index is 606. The number of carbonyl (C=O) groups excluding carboxylic acids is 2. The number of aromatic nitrogens is 1. The summed E-state index contributed by atoms with van der Waals surface area (Å²) in [6.45, 7) is 0.739. The van der Waals surface area contributed by atoms with Gasteiger partial charge in [-0.15, -0.1) is 22.7 Å². The Morgan fingerprint density at radius 3 is 2.76 bits per heavy atom. The summed E-state index contributed by atoms with van der Waals surface area (Å²) < 4.78 is 0. The minimum Gasteiger partial charge on any atom is -0.304 e. The Balaban J connectivity index is 1.79. The molecule has 0 saturated carbocycles. The number of thiophene rings is 1. The van der Waals surface area contributed by atoms with Crippen LogP contribution in [0.1, 0.15) is 28.2 Å². The van der Waals surface area contributed by atoms with Gasteiger partial charge in [-0.2, -0.15) is 0 Å². The molecule has 2 heterocycles. The summed E-state index contributed by atoms with van der Waals surface area (Å²) in [5, 5.41) is 7.10. The fourth-order valence-corrected chi connectivity index (χ4v) is 3.14. The Morgan fingerprint density at radius 2 is 2.10 bits per heavy atom. The highest BCUT2D eigenvalue weighted by Crippen LogP contribution is 2.17. The molecule has 0 aliphatic carbocycles. The van der Waals surface area contributed by atoms with Gasteiger partial charge in [-0.25, -0.2) is 4.98 Å². The third-order valence-corrected chi connectivity index (χ3v) is 4.37. The molecule has 0 atom stereocenters. The van der Waals surface area contributed by atoms with E-state index < -0.39 is 0 Å². The Kier molecular flexibility index (Phi) is 5.60. The normalized spacial score (nSPS) is 10.8. The van der Waals surface area contributed by atoms with Crippen LogP contribution in [0.5, 0.6) is 0 Å². The lowest BCUT2D eigenvalue weighted by atomic mass is 10.2. The van der Waals surface area contributed by atoms with Crippen molar-refractivity contribution in [2.24, 2.45) is 0 Å². The first-order chi connectivity index (χ1) is 10.0. The Labute approximate surface area is 131 Å². The van der Waals surface area contributed by atoms with Crippen molar-refractivity contribution in [1.82, 2.24) is 9.88 Å². The topological polar surface area (TPSA) is 62.3 Å². The van der Waals surface area contributed by atoms with Crippen molar-refractivity contribution < 1.29 is 9.59 Å². The highest BCUT2D eigenvalue weighted by atomic mass is 32.1. The van der Waals surface area contributed by atoms with Crippen LogP contribution >= 0.6 is 22.7 Å². The van der Waals surface area contributed by atoms with Gasteiger partial charge >= 0.3 is 0 Å². The molecule has 0 fully saturated rings. The number of hydrogen-bond acceptors (Lipinski definition) is 6. The predicted octanol–water partition coefficient (Wildman–Crippen LogP) is 2.87. The highest BCUT2D eigenvalue weighted by molar-refractivity contribution is 7.14. The zero-order valence-corrected chi connectivity index (χ0v) is 13.6. The van der Waals surface area contributed by atoms with Crippen LogP contribution in [-0.4, -0.2) is 35.7 Å². The van der Waals surface area contributed by atoms with Crippen molar-refractivity contribution in [3.8, 4) is 0 Å². The fourth-order valence-electron chi connectivity index (χ4n) is 1.73. The average molecular weight is 323 g/mol. The first-order valence-electron chi connectivity index (χ1n) is 6.50. The number of nitrogens with zero attached hydrogens (tertiary/aromatic N) is 2. The molecule has 0 bridgehead atoms. The summed E-state index contributed by atoms with van der Waals surface area (Å²) in [7, 11) is 3.93. The summed E-state index contributed by atoms with van der Waals surface area (Å²) in [5.41, 5.74) is 0.926. The van der Waals surface area contributed by atoms with E-state index in [2.05, 4.69) is 10.3 Å². The van der Waals surface area contributed by atoms with Crippen LogP contribution in [-0.2, 0) is 11.3 Å². The monoisotopic (exact) mass is 323 g/mol. The molecule has 1 amide bonds. The molecule has 2 aromatic rings. The van der Waals surface area contributed by atoms with Crippen molar-refractivity contribution in [1.29, 1.82) is 0 Å². The Hall–Kier alpha value is -1.57. The van der Waals surface area contributed by atoms with Gasteiger partial charge in [0, 0.05) is 24.8 Å². The minimum absolute atomic E-state index is 0.00702. The molecule has 0 spiro atoms. The third kappa shape index (κ3) is 5.04. The number of carbonyl (C=O) groups is 2. The summed E-state index contributed by atoms with van der Waals surface area (Å²) in [6, 6.07) is 3.61. The van der Waals surface area contributed by atoms with E-state index in [0.29, 0.717) is 10.0 Å². The summed E-state index contributed by atoms with van der Waals surface area (Å²) in [4.78, 5) is 30.7. The zero-order valence-electron chi connectivity index (χ0n) is 12.0. The molecule has 2 rings (SSSR count). The molecule has 112 valence electrons. The van der Waals surface area contributed by atoms with Crippen molar-refractivity contribution in [3.05, 3.63) is 33.5 Å². The van der Waals surface area contributed by atoms with Gasteiger partial charge in [0.1, 0.15) is 0 Å². The maximum atomic E-state index is 11.8. The number of anilines is 1. The smallest absolute Gasteiger partial charge is 0.226 e. The van der Waals surface area contributed by atoms with Crippen LogP contribution in [0, 0.1) is 0 Å². The van der Waals surface area contributed by atoms with Gasteiger partial charge in [-0.3, -0.25) is 9.59 Å². The molecular formula is C14H17N3O2S2. The average Bonchev–Trinajstić information content (AvgIpc) is 3.07. The molecule has 0 aliphatic heterocycles. The van der Waals surface area contributed by atoms with Crippen molar-refractivity contribution >= 4 is 39.5 Å². The summed E-state index contributed by atoms with van der Waals surface area (Å²) >= 11 is 2.80. The van der Waals surface area contributed by atoms with E-state index in [9.17, 15) is 9.59 Å². The van der Waals surface area contributed by atoms with E-state index in [0.717, 1.165) is 12.2 Å². The fraction of sp³-hybridized carbons (Fsp3) is 0.357.